The Hall–Kier alpha value is -4.66. The normalized spacial score (nSPS) is 10.7. The topological polar surface area (TPSA) is 115 Å². The maximum Gasteiger partial charge on any atom is 0.347 e. The molecule has 2 N–H and O–H groups in total. The number of methoxy groups -OCH3 is 2. The molecule has 0 atom stereocenters. The lowest BCUT2D eigenvalue weighted by Gasteiger charge is -2.09. The van der Waals surface area contributed by atoms with Crippen LogP contribution in [-0.4, -0.2) is 37.7 Å². The van der Waals surface area contributed by atoms with E-state index in [1.807, 2.05) is 0 Å². The highest BCUT2D eigenvalue weighted by Gasteiger charge is 2.15. The van der Waals surface area contributed by atoms with E-state index in [4.69, 9.17) is 14.2 Å². The fourth-order valence-corrected chi connectivity index (χ4v) is 2.85. The van der Waals surface area contributed by atoms with Crippen molar-refractivity contribution in [3.05, 3.63) is 83.9 Å². The Bertz CT molecular complexity index is 1200. The van der Waals surface area contributed by atoms with E-state index in [9.17, 15) is 14.4 Å². The number of benzene rings is 3. The maximum atomic E-state index is 12.4. The van der Waals surface area contributed by atoms with E-state index in [0.717, 1.165) is 0 Å². The number of esters is 1. The Morgan fingerprint density at radius 3 is 2.06 bits per heavy atom. The molecule has 3 aromatic carbocycles. The molecule has 0 fully saturated rings. The average Bonchev–Trinajstić information content (AvgIpc) is 2.87. The molecule has 0 aliphatic rings. The molecule has 0 bridgehead atoms. The third-order valence-electron chi connectivity index (χ3n) is 4.69. The van der Waals surface area contributed by atoms with Crippen molar-refractivity contribution >= 4 is 29.2 Å². The Morgan fingerprint density at radius 1 is 0.765 bits per heavy atom. The summed E-state index contributed by atoms with van der Waals surface area (Å²) in [6.07, 6.45) is 0. The highest BCUT2D eigenvalue weighted by atomic mass is 16.5. The number of carbonyl (C=O) groups excluding carboxylic acids is 3. The molecule has 9 heteroatoms. The van der Waals surface area contributed by atoms with E-state index in [1.54, 1.807) is 79.7 Å². The first-order valence-electron chi connectivity index (χ1n) is 10.2. The minimum Gasteiger partial charge on any atom is -0.497 e. The second-order valence-corrected chi connectivity index (χ2v) is 6.93. The number of hydrogen-bond donors (Lipinski definition) is 2. The smallest absolute Gasteiger partial charge is 0.347 e. The molecule has 0 radical (unpaired) electrons. The summed E-state index contributed by atoms with van der Waals surface area (Å²) in [7, 11) is 3.01. The highest BCUT2D eigenvalue weighted by Crippen LogP contribution is 2.21. The number of amides is 2. The molecule has 0 saturated carbocycles. The maximum absolute atomic E-state index is 12.4. The second-order valence-electron chi connectivity index (χ2n) is 6.93. The van der Waals surface area contributed by atoms with Crippen LogP contribution in [0, 0.1) is 0 Å². The van der Waals surface area contributed by atoms with E-state index >= 15 is 0 Å². The molecule has 3 aromatic rings. The van der Waals surface area contributed by atoms with Crippen LogP contribution in [0.2, 0.25) is 0 Å². The minimum atomic E-state index is -0.919. The number of nitrogens with zero attached hydrogens (tertiary/aromatic N) is 1. The van der Waals surface area contributed by atoms with Crippen LogP contribution in [0.25, 0.3) is 0 Å². The number of ether oxygens (including phenoxy) is 3. The SMILES string of the molecule is COc1ccc(NC(=O)C(=O)N/N=C(\C)c2ccc(OC(=O)c3ccccc3OC)cc2)cc1. The Balaban J connectivity index is 1.57. The molecule has 0 aliphatic carbocycles. The van der Waals surface area contributed by atoms with Gasteiger partial charge in [-0.1, -0.05) is 12.1 Å². The van der Waals surface area contributed by atoms with Gasteiger partial charge in [-0.15, -0.1) is 0 Å². The van der Waals surface area contributed by atoms with Crippen LogP contribution in [0.5, 0.6) is 17.2 Å². The van der Waals surface area contributed by atoms with Crippen LogP contribution in [0.4, 0.5) is 5.69 Å². The fourth-order valence-electron chi connectivity index (χ4n) is 2.85. The third kappa shape index (κ3) is 6.19. The first kappa shape index (κ1) is 24.0. The Labute approximate surface area is 196 Å². The number of anilines is 1. The quantitative estimate of drug-likeness (QED) is 0.183. The van der Waals surface area contributed by atoms with Crippen LogP contribution in [0.3, 0.4) is 0 Å². The fraction of sp³-hybridized carbons (Fsp3) is 0.120. The molecule has 2 amide bonds. The summed E-state index contributed by atoms with van der Waals surface area (Å²) in [6, 6.07) is 19.8. The van der Waals surface area contributed by atoms with Gasteiger partial charge in [0, 0.05) is 5.69 Å². The van der Waals surface area contributed by atoms with Crippen LogP contribution in [-0.2, 0) is 9.59 Å². The number of para-hydroxylation sites is 1. The Kier molecular flexibility index (Phi) is 7.96. The molecule has 0 unspecified atom stereocenters. The lowest BCUT2D eigenvalue weighted by atomic mass is 10.1. The van der Waals surface area contributed by atoms with Gasteiger partial charge in [0.2, 0.25) is 0 Å². The first-order valence-corrected chi connectivity index (χ1v) is 10.2. The van der Waals surface area contributed by atoms with E-state index in [0.29, 0.717) is 39.8 Å². The summed E-state index contributed by atoms with van der Waals surface area (Å²) in [5.74, 6) is -0.957. The van der Waals surface area contributed by atoms with E-state index in [1.165, 1.54) is 14.2 Å². The lowest BCUT2D eigenvalue weighted by molar-refractivity contribution is -0.136. The van der Waals surface area contributed by atoms with E-state index in [-0.39, 0.29) is 0 Å². The molecule has 0 heterocycles. The van der Waals surface area contributed by atoms with Gasteiger partial charge in [0.25, 0.3) is 0 Å². The van der Waals surface area contributed by atoms with Crippen LogP contribution < -0.4 is 25.0 Å². The van der Waals surface area contributed by atoms with Crippen LogP contribution in [0.1, 0.15) is 22.8 Å². The third-order valence-corrected chi connectivity index (χ3v) is 4.69. The van der Waals surface area contributed by atoms with Gasteiger partial charge < -0.3 is 19.5 Å². The lowest BCUT2D eigenvalue weighted by Crippen LogP contribution is -2.32. The number of carbonyl (C=O) groups is 3. The van der Waals surface area contributed by atoms with Crippen molar-refractivity contribution in [3.63, 3.8) is 0 Å². The summed E-state index contributed by atoms with van der Waals surface area (Å²) in [4.78, 5) is 36.5. The van der Waals surface area contributed by atoms with Crippen molar-refractivity contribution in [1.29, 1.82) is 0 Å². The van der Waals surface area contributed by atoms with Crippen molar-refractivity contribution in [1.82, 2.24) is 5.43 Å². The zero-order valence-corrected chi connectivity index (χ0v) is 18.8. The number of hydrazone groups is 1. The van der Waals surface area contributed by atoms with Crippen molar-refractivity contribution in [2.45, 2.75) is 6.92 Å². The summed E-state index contributed by atoms with van der Waals surface area (Å²) < 4.78 is 15.6. The van der Waals surface area contributed by atoms with Gasteiger partial charge >= 0.3 is 17.8 Å². The summed E-state index contributed by atoms with van der Waals surface area (Å²) in [5, 5.41) is 6.43. The highest BCUT2D eigenvalue weighted by molar-refractivity contribution is 6.39. The van der Waals surface area contributed by atoms with Crippen molar-refractivity contribution in [2.24, 2.45) is 5.10 Å². The van der Waals surface area contributed by atoms with Gasteiger partial charge in [0.05, 0.1) is 19.9 Å². The number of nitrogens with one attached hydrogen (secondary N) is 2. The zero-order chi connectivity index (χ0) is 24.5. The predicted octanol–water partition coefficient (Wildman–Crippen LogP) is 3.40. The van der Waals surface area contributed by atoms with Crippen LogP contribution >= 0.6 is 0 Å². The van der Waals surface area contributed by atoms with Gasteiger partial charge in [0.15, 0.2) is 0 Å². The van der Waals surface area contributed by atoms with Gasteiger partial charge in [-0.25, -0.2) is 10.2 Å². The minimum absolute atomic E-state index is 0.308. The van der Waals surface area contributed by atoms with Gasteiger partial charge in [0.1, 0.15) is 22.8 Å². The van der Waals surface area contributed by atoms with Gasteiger partial charge in [-0.2, -0.15) is 5.10 Å². The summed E-state index contributed by atoms with van der Waals surface area (Å²) >= 11 is 0. The van der Waals surface area contributed by atoms with Gasteiger partial charge in [-0.3, -0.25) is 9.59 Å². The largest absolute Gasteiger partial charge is 0.497 e. The van der Waals surface area contributed by atoms with Crippen LogP contribution in [0.15, 0.2) is 77.9 Å². The Morgan fingerprint density at radius 2 is 1.41 bits per heavy atom. The molecular formula is C25H23N3O6. The standard InChI is InChI=1S/C25H23N3O6/c1-16(27-28-24(30)23(29)26-18-10-14-19(32-2)15-11-18)17-8-12-20(13-9-17)34-25(31)21-6-4-5-7-22(21)33-3/h4-15H,1-3H3,(H,26,29)(H,28,30)/b27-16+. The van der Waals surface area contributed by atoms with E-state index in [2.05, 4.69) is 15.8 Å². The number of hydrogen-bond acceptors (Lipinski definition) is 7. The predicted molar refractivity (Wildman–Crippen MR) is 126 cm³/mol. The summed E-state index contributed by atoms with van der Waals surface area (Å²) in [5.41, 5.74) is 4.08. The molecule has 9 nitrogen and oxygen atoms in total. The van der Waals surface area contributed by atoms with E-state index < -0.39 is 17.8 Å². The average molecular weight is 461 g/mol. The van der Waals surface area contributed by atoms with Crippen molar-refractivity contribution in [3.8, 4) is 17.2 Å². The number of rotatable bonds is 7. The summed E-state index contributed by atoms with van der Waals surface area (Å²) in [6.45, 7) is 1.66. The molecule has 0 spiro atoms. The first-order chi connectivity index (χ1) is 16.4. The monoisotopic (exact) mass is 461 g/mol. The molecule has 0 aliphatic heterocycles. The molecule has 174 valence electrons. The second kappa shape index (κ2) is 11.3. The molecule has 0 aromatic heterocycles. The van der Waals surface area contributed by atoms with Crippen molar-refractivity contribution < 1.29 is 28.6 Å². The van der Waals surface area contributed by atoms with Crippen molar-refractivity contribution in [2.75, 3.05) is 19.5 Å². The molecule has 0 saturated heterocycles. The van der Waals surface area contributed by atoms with Gasteiger partial charge in [-0.05, 0) is 73.2 Å². The molecule has 3 rings (SSSR count). The molecular weight excluding hydrogens is 438 g/mol. The molecule has 34 heavy (non-hydrogen) atoms. The zero-order valence-electron chi connectivity index (χ0n) is 18.8.